The van der Waals surface area contributed by atoms with Crippen LogP contribution < -0.4 is 0 Å². The van der Waals surface area contributed by atoms with Crippen molar-refractivity contribution < 1.29 is 23.8 Å². The molecule has 0 aromatic rings. The predicted octanol–water partition coefficient (Wildman–Crippen LogP) is 1.63. The van der Waals surface area contributed by atoms with Crippen LogP contribution in [0.15, 0.2) is 0 Å². The van der Waals surface area contributed by atoms with E-state index in [0.717, 1.165) is 0 Å². The van der Waals surface area contributed by atoms with Crippen LogP contribution in [0, 0.1) is 0 Å². The molecule has 0 aromatic carbocycles. The van der Waals surface area contributed by atoms with E-state index in [9.17, 15) is 9.59 Å². The van der Waals surface area contributed by atoms with Gasteiger partial charge in [-0.15, -0.1) is 0 Å². The average molecular weight is 314 g/mol. The van der Waals surface area contributed by atoms with Crippen molar-refractivity contribution in [1.82, 2.24) is 0 Å². The summed E-state index contributed by atoms with van der Waals surface area (Å²) in [5.74, 6) is -0.399. The van der Waals surface area contributed by atoms with E-state index in [2.05, 4.69) is 9.47 Å². The number of hydrogen-bond acceptors (Lipinski definition) is 5. The van der Waals surface area contributed by atoms with Crippen LogP contribution in [0.3, 0.4) is 0 Å². The number of carbonyl (C=O) groups excluding carboxylic acids is 2. The van der Waals surface area contributed by atoms with E-state index in [1.165, 1.54) is 0 Å². The fourth-order valence-corrected chi connectivity index (χ4v) is 0.883. The van der Waals surface area contributed by atoms with Gasteiger partial charge in [-0.3, -0.25) is 4.79 Å². The molecule has 14 heavy (non-hydrogen) atoms. The third-order valence-corrected chi connectivity index (χ3v) is 3.10. The lowest BCUT2D eigenvalue weighted by atomic mass is 10.1. The first-order valence-corrected chi connectivity index (χ1v) is 5.27. The van der Waals surface area contributed by atoms with Crippen LogP contribution in [0.2, 0.25) is 0 Å². The van der Waals surface area contributed by atoms with E-state index in [0.29, 0.717) is 6.42 Å². The first-order valence-electron chi connectivity index (χ1n) is 4.19. The van der Waals surface area contributed by atoms with Crippen molar-refractivity contribution in [3.8, 4) is 0 Å². The number of halogens is 1. The molecular weight excluding hydrogens is 303 g/mol. The molecule has 2 atom stereocenters. The Hall–Kier alpha value is -0.530. The lowest BCUT2D eigenvalue weighted by Gasteiger charge is -2.19. The van der Waals surface area contributed by atoms with Gasteiger partial charge in [-0.05, 0) is 13.3 Å². The van der Waals surface area contributed by atoms with Crippen LogP contribution >= 0.6 is 22.6 Å². The smallest absolute Gasteiger partial charge is 0.426 e. The lowest BCUT2D eigenvalue weighted by Crippen LogP contribution is -2.33. The maximum atomic E-state index is 11.5. The van der Waals surface area contributed by atoms with Crippen molar-refractivity contribution in [2.45, 2.75) is 30.0 Å². The molecule has 0 saturated carbocycles. The number of esters is 1. The third-order valence-electron chi connectivity index (χ3n) is 1.89. The highest BCUT2D eigenvalue weighted by Crippen LogP contribution is 2.25. The second-order valence-corrected chi connectivity index (χ2v) is 5.45. The van der Waals surface area contributed by atoms with Gasteiger partial charge in [0.1, 0.15) is 3.42 Å². The Bertz CT molecular complexity index is 250. The molecule has 0 spiro atoms. The van der Waals surface area contributed by atoms with Gasteiger partial charge in [-0.1, -0.05) is 29.5 Å². The van der Waals surface area contributed by atoms with E-state index < -0.39 is 21.8 Å². The zero-order chi connectivity index (χ0) is 10.8. The fraction of sp³-hybridized carbons (Fsp3) is 0.750. The molecule has 1 rings (SSSR count). The third kappa shape index (κ3) is 2.73. The first-order chi connectivity index (χ1) is 6.45. The van der Waals surface area contributed by atoms with Gasteiger partial charge in [-0.2, -0.15) is 0 Å². The largest absolute Gasteiger partial charge is 0.511 e. The standard InChI is InChI=1S/C8H11IO5/c1-3-8(2,9)6(10)13-5-4-12-7(11)14-5/h5H,3-4H2,1-2H3. The van der Waals surface area contributed by atoms with E-state index in [4.69, 9.17) is 4.74 Å². The number of hydrogen-bond donors (Lipinski definition) is 0. The minimum Gasteiger partial charge on any atom is -0.426 e. The molecule has 1 fully saturated rings. The molecule has 2 unspecified atom stereocenters. The van der Waals surface area contributed by atoms with Crippen LogP contribution in [0.1, 0.15) is 20.3 Å². The Morgan fingerprint density at radius 2 is 2.43 bits per heavy atom. The fourth-order valence-electron chi connectivity index (χ4n) is 0.756. The summed E-state index contributed by atoms with van der Waals surface area (Å²) < 4.78 is 13.4. The SMILES string of the molecule is CCC(C)(I)C(=O)OC1COC(=O)O1. The maximum absolute atomic E-state index is 11.5. The molecule has 1 aliphatic heterocycles. The van der Waals surface area contributed by atoms with Gasteiger partial charge in [0, 0.05) is 0 Å². The highest BCUT2D eigenvalue weighted by molar-refractivity contribution is 14.1. The second kappa shape index (κ2) is 4.33. The molecule has 6 heteroatoms. The maximum Gasteiger partial charge on any atom is 0.511 e. The molecule has 0 bridgehead atoms. The van der Waals surface area contributed by atoms with E-state index in [-0.39, 0.29) is 6.61 Å². The van der Waals surface area contributed by atoms with Crippen LogP contribution in [-0.2, 0) is 19.0 Å². The summed E-state index contributed by atoms with van der Waals surface area (Å²) in [5.41, 5.74) is 0. The zero-order valence-electron chi connectivity index (χ0n) is 7.91. The minimum atomic E-state index is -0.893. The summed E-state index contributed by atoms with van der Waals surface area (Å²) in [6.07, 6.45) is -1.04. The molecule has 80 valence electrons. The molecule has 0 N–H and O–H groups in total. The van der Waals surface area contributed by atoms with E-state index in [1.54, 1.807) is 6.92 Å². The molecule has 1 saturated heterocycles. The van der Waals surface area contributed by atoms with Gasteiger partial charge in [0.25, 0.3) is 6.29 Å². The number of rotatable bonds is 3. The number of carbonyl (C=O) groups is 2. The van der Waals surface area contributed by atoms with Gasteiger partial charge in [0.2, 0.25) is 0 Å². The highest BCUT2D eigenvalue weighted by atomic mass is 127. The summed E-state index contributed by atoms with van der Waals surface area (Å²) in [6.45, 7) is 3.61. The van der Waals surface area contributed by atoms with Crippen LogP contribution in [0.25, 0.3) is 0 Å². The van der Waals surface area contributed by atoms with Crippen molar-refractivity contribution in [1.29, 1.82) is 0 Å². The molecule has 0 aromatic heterocycles. The second-order valence-electron chi connectivity index (χ2n) is 3.06. The molecule has 1 heterocycles. The van der Waals surface area contributed by atoms with Gasteiger partial charge < -0.3 is 14.2 Å². The Kier molecular flexibility index (Phi) is 3.57. The Morgan fingerprint density at radius 1 is 1.79 bits per heavy atom. The van der Waals surface area contributed by atoms with Crippen molar-refractivity contribution in [3.05, 3.63) is 0 Å². The van der Waals surface area contributed by atoms with Crippen molar-refractivity contribution in [2.24, 2.45) is 0 Å². The highest BCUT2D eigenvalue weighted by Gasteiger charge is 2.35. The minimum absolute atomic E-state index is 0.0268. The Labute approximate surface area is 95.2 Å². The Balaban J connectivity index is 2.45. The molecular formula is C8H11IO5. The van der Waals surface area contributed by atoms with Crippen LogP contribution in [0.4, 0.5) is 4.79 Å². The summed E-state index contributed by atoms with van der Waals surface area (Å²) in [7, 11) is 0. The van der Waals surface area contributed by atoms with Gasteiger partial charge in [-0.25, -0.2) is 4.79 Å². The van der Waals surface area contributed by atoms with Gasteiger partial charge in [0.15, 0.2) is 6.61 Å². The predicted molar refractivity (Wildman–Crippen MR) is 55.0 cm³/mol. The lowest BCUT2D eigenvalue weighted by molar-refractivity contribution is -0.164. The average Bonchev–Trinajstić information content (AvgIpc) is 2.51. The summed E-state index contributed by atoms with van der Waals surface area (Å²) >= 11 is 2.00. The molecule has 0 radical (unpaired) electrons. The number of cyclic esters (lactones) is 2. The van der Waals surface area contributed by atoms with Crippen molar-refractivity contribution in [2.75, 3.05) is 6.61 Å². The number of alkyl halides is 1. The molecule has 1 aliphatic rings. The van der Waals surface area contributed by atoms with Gasteiger partial charge in [0.05, 0.1) is 0 Å². The summed E-state index contributed by atoms with van der Waals surface area (Å²) in [6, 6.07) is 0. The zero-order valence-corrected chi connectivity index (χ0v) is 10.1. The molecule has 5 nitrogen and oxygen atoms in total. The van der Waals surface area contributed by atoms with Gasteiger partial charge >= 0.3 is 12.1 Å². The quantitative estimate of drug-likeness (QED) is 0.450. The topological polar surface area (TPSA) is 61.8 Å². The van der Waals surface area contributed by atoms with Crippen molar-refractivity contribution >= 4 is 34.7 Å². The normalized spacial score (nSPS) is 24.8. The summed E-state index contributed by atoms with van der Waals surface area (Å²) in [5, 5.41) is 0. The van der Waals surface area contributed by atoms with Crippen LogP contribution in [-0.4, -0.2) is 28.4 Å². The summed E-state index contributed by atoms with van der Waals surface area (Å²) in [4.78, 5) is 22.0. The number of ether oxygens (including phenoxy) is 3. The monoisotopic (exact) mass is 314 g/mol. The molecule has 0 aliphatic carbocycles. The van der Waals surface area contributed by atoms with Crippen molar-refractivity contribution in [3.63, 3.8) is 0 Å². The molecule has 0 amide bonds. The van der Waals surface area contributed by atoms with E-state index in [1.807, 2.05) is 29.5 Å². The van der Waals surface area contributed by atoms with Crippen LogP contribution in [0.5, 0.6) is 0 Å². The first kappa shape index (κ1) is 11.5. The Morgan fingerprint density at radius 3 is 2.86 bits per heavy atom. The van der Waals surface area contributed by atoms with E-state index >= 15 is 0 Å².